The molecule has 1 aliphatic rings. The maximum Gasteiger partial charge on any atom is 0.211 e. The van der Waals surface area contributed by atoms with E-state index in [9.17, 15) is 9.18 Å². The van der Waals surface area contributed by atoms with Crippen LogP contribution >= 0.6 is 11.3 Å². The van der Waals surface area contributed by atoms with Crippen LogP contribution in [0.3, 0.4) is 0 Å². The second-order valence-electron chi connectivity index (χ2n) is 5.98. The van der Waals surface area contributed by atoms with Crippen molar-refractivity contribution in [1.82, 2.24) is 0 Å². The molecule has 1 aromatic heterocycles. The number of benzene rings is 2. The van der Waals surface area contributed by atoms with E-state index in [0.29, 0.717) is 5.69 Å². The summed E-state index contributed by atoms with van der Waals surface area (Å²) >= 11 is 1.58. The Kier molecular flexibility index (Phi) is 3.42. The van der Waals surface area contributed by atoms with Gasteiger partial charge in [0.15, 0.2) is 0 Å². The van der Waals surface area contributed by atoms with E-state index in [4.69, 9.17) is 0 Å². The Morgan fingerprint density at radius 3 is 2.87 bits per heavy atom. The molecular weight excluding hydrogens is 309 g/mol. The third kappa shape index (κ3) is 2.34. The summed E-state index contributed by atoms with van der Waals surface area (Å²) in [5.74, 6) is -0.220. The molecule has 2 heterocycles. The molecule has 2 nitrogen and oxygen atoms in total. The van der Waals surface area contributed by atoms with Gasteiger partial charge in [-0.2, -0.15) is 0 Å². The molecular formula is C19H16FNOS. The van der Waals surface area contributed by atoms with E-state index in [2.05, 4.69) is 11.8 Å². The number of hydrogen-bond acceptors (Lipinski definition) is 3. The van der Waals surface area contributed by atoms with Gasteiger partial charge in [-0.3, -0.25) is 4.79 Å². The molecule has 0 amide bonds. The number of nitrogens with zero attached hydrogens (tertiary/aromatic N) is 1. The summed E-state index contributed by atoms with van der Waals surface area (Å²) in [6.45, 7) is 2.12. The van der Waals surface area contributed by atoms with Gasteiger partial charge in [0.1, 0.15) is 11.5 Å². The van der Waals surface area contributed by atoms with Crippen LogP contribution in [0.4, 0.5) is 15.8 Å². The molecule has 3 aromatic rings. The largest absolute Gasteiger partial charge is 0.335 e. The molecule has 0 N–H and O–H groups in total. The molecule has 1 aliphatic heterocycles. The van der Waals surface area contributed by atoms with Crippen LogP contribution < -0.4 is 10.3 Å². The smallest absolute Gasteiger partial charge is 0.211 e. The lowest BCUT2D eigenvalue weighted by Gasteiger charge is -2.36. The molecule has 116 valence electrons. The Hall–Kier alpha value is -2.20. The van der Waals surface area contributed by atoms with E-state index in [1.54, 1.807) is 23.5 Å². The molecule has 4 heteroatoms. The molecule has 4 rings (SSSR count). The molecule has 23 heavy (non-hydrogen) atoms. The van der Waals surface area contributed by atoms with Gasteiger partial charge in [-0.25, -0.2) is 4.39 Å². The molecule has 0 bridgehead atoms. The average molecular weight is 325 g/mol. The van der Waals surface area contributed by atoms with Crippen LogP contribution in [0, 0.1) is 5.82 Å². The number of halogens is 1. The van der Waals surface area contributed by atoms with Gasteiger partial charge < -0.3 is 4.90 Å². The average Bonchev–Trinajstić information content (AvgIpc) is 2.56. The summed E-state index contributed by atoms with van der Waals surface area (Å²) in [7, 11) is 0. The molecule has 0 saturated carbocycles. The first kappa shape index (κ1) is 14.4. The third-order valence-corrected chi connectivity index (χ3v) is 5.45. The van der Waals surface area contributed by atoms with Crippen LogP contribution in [0.1, 0.15) is 18.9 Å². The Balaban J connectivity index is 1.94. The first-order chi connectivity index (χ1) is 11.1. The third-order valence-electron chi connectivity index (χ3n) is 4.49. The summed E-state index contributed by atoms with van der Waals surface area (Å²) in [5.41, 5.74) is 2.66. The Labute approximate surface area is 137 Å². The summed E-state index contributed by atoms with van der Waals surface area (Å²) in [5, 5.41) is 2.68. The minimum atomic E-state index is -0.220. The lowest BCUT2D eigenvalue weighted by atomic mass is 9.96. The highest BCUT2D eigenvalue weighted by atomic mass is 32.1. The quantitative estimate of drug-likeness (QED) is 0.636. The zero-order chi connectivity index (χ0) is 16.0. The highest BCUT2D eigenvalue weighted by Crippen LogP contribution is 2.37. The number of fused-ring (bicyclic) bond motifs is 2. The monoisotopic (exact) mass is 325 g/mol. The van der Waals surface area contributed by atoms with E-state index >= 15 is 0 Å². The van der Waals surface area contributed by atoms with Crippen LogP contribution in [0.15, 0.2) is 52.6 Å². The zero-order valence-corrected chi connectivity index (χ0v) is 13.6. The van der Waals surface area contributed by atoms with Gasteiger partial charge in [0.25, 0.3) is 0 Å². The van der Waals surface area contributed by atoms with Crippen molar-refractivity contribution in [2.75, 3.05) is 4.90 Å². The first-order valence-corrected chi connectivity index (χ1v) is 8.61. The van der Waals surface area contributed by atoms with Gasteiger partial charge in [0, 0.05) is 27.2 Å². The predicted molar refractivity (Wildman–Crippen MR) is 94.4 cm³/mol. The van der Waals surface area contributed by atoms with Crippen molar-refractivity contribution >= 4 is 32.8 Å². The van der Waals surface area contributed by atoms with E-state index in [-0.39, 0.29) is 17.3 Å². The predicted octanol–water partition coefficient (Wildman–Crippen LogP) is 4.87. The fraction of sp³-hybridized carbons (Fsp3) is 0.211. The lowest BCUT2D eigenvalue weighted by Crippen LogP contribution is -2.36. The second-order valence-corrected chi connectivity index (χ2v) is 6.89. The summed E-state index contributed by atoms with van der Waals surface area (Å²) in [6, 6.07) is 12.7. The molecule has 0 radical (unpaired) electrons. The standard InChI is InChI=1S/C19H16FNOS/c1-12-6-7-13-10-14(20)8-9-16(13)21(12)17-11-23-18-5-3-2-4-15(18)19(17)22/h2-5,8-12H,6-7H2,1H3/t12-/m1/s1. The fourth-order valence-corrected chi connectivity index (χ4v) is 4.23. The highest BCUT2D eigenvalue weighted by molar-refractivity contribution is 7.16. The van der Waals surface area contributed by atoms with Crippen LogP contribution in [0.25, 0.3) is 10.1 Å². The molecule has 0 saturated heterocycles. The van der Waals surface area contributed by atoms with Gasteiger partial charge in [-0.1, -0.05) is 12.1 Å². The fourth-order valence-electron chi connectivity index (χ4n) is 3.32. The Morgan fingerprint density at radius 2 is 2.00 bits per heavy atom. The topological polar surface area (TPSA) is 20.3 Å². The number of rotatable bonds is 1. The molecule has 0 spiro atoms. The molecule has 0 aliphatic carbocycles. The molecule has 0 fully saturated rings. The second kappa shape index (κ2) is 5.46. The van der Waals surface area contributed by atoms with Crippen molar-refractivity contribution in [1.29, 1.82) is 0 Å². The number of aryl methyl sites for hydroxylation is 1. The van der Waals surface area contributed by atoms with Crippen LogP contribution in [0.5, 0.6) is 0 Å². The Bertz CT molecular complexity index is 949. The number of anilines is 2. The lowest BCUT2D eigenvalue weighted by molar-refractivity contribution is 0.598. The minimum Gasteiger partial charge on any atom is -0.335 e. The van der Waals surface area contributed by atoms with Crippen LogP contribution in [0.2, 0.25) is 0 Å². The molecule has 0 unspecified atom stereocenters. The van der Waals surface area contributed by atoms with Gasteiger partial charge in [-0.15, -0.1) is 11.3 Å². The van der Waals surface area contributed by atoms with Gasteiger partial charge in [-0.05, 0) is 55.7 Å². The summed E-state index contributed by atoms with van der Waals surface area (Å²) in [6.07, 6.45) is 1.75. The summed E-state index contributed by atoms with van der Waals surface area (Å²) in [4.78, 5) is 15.0. The van der Waals surface area contributed by atoms with E-state index in [0.717, 1.165) is 34.2 Å². The van der Waals surface area contributed by atoms with Crippen molar-refractivity contribution in [3.8, 4) is 0 Å². The SMILES string of the molecule is C[C@@H]1CCc2cc(F)ccc2N1c1csc2ccccc2c1=O. The van der Waals surface area contributed by atoms with E-state index in [1.165, 1.54) is 6.07 Å². The maximum absolute atomic E-state index is 13.5. The van der Waals surface area contributed by atoms with Crippen molar-refractivity contribution in [3.05, 3.63) is 69.4 Å². The van der Waals surface area contributed by atoms with Crippen LogP contribution in [-0.2, 0) is 6.42 Å². The van der Waals surface area contributed by atoms with Gasteiger partial charge in [0.2, 0.25) is 5.43 Å². The van der Waals surface area contributed by atoms with Gasteiger partial charge >= 0.3 is 0 Å². The zero-order valence-electron chi connectivity index (χ0n) is 12.8. The van der Waals surface area contributed by atoms with E-state index < -0.39 is 0 Å². The number of hydrogen-bond donors (Lipinski definition) is 0. The summed E-state index contributed by atoms with van der Waals surface area (Å²) < 4.78 is 14.5. The van der Waals surface area contributed by atoms with Crippen molar-refractivity contribution in [2.24, 2.45) is 0 Å². The maximum atomic E-state index is 13.5. The minimum absolute atomic E-state index is 0.0448. The normalized spacial score (nSPS) is 17.3. The van der Waals surface area contributed by atoms with E-state index in [1.807, 2.05) is 29.6 Å². The first-order valence-electron chi connectivity index (χ1n) is 7.73. The van der Waals surface area contributed by atoms with Crippen molar-refractivity contribution in [3.63, 3.8) is 0 Å². The van der Waals surface area contributed by atoms with Crippen LogP contribution in [-0.4, -0.2) is 6.04 Å². The van der Waals surface area contributed by atoms with Gasteiger partial charge in [0.05, 0.1) is 0 Å². The Morgan fingerprint density at radius 1 is 1.17 bits per heavy atom. The molecule has 1 atom stereocenters. The van der Waals surface area contributed by atoms with Crippen molar-refractivity contribution in [2.45, 2.75) is 25.8 Å². The highest BCUT2D eigenvalue weighted by Gasteiger charge is 2.26. The molecule has 2 aromatic carbocycles. The van der Waals surface area contributed by atoms with Crippen molar-refractivity contribution < 1.29 is 4.39 Å².